The van der Waals surface area contributed by atoms with Crippen LogP contribution in [0.25, 0.3) is 0 Å². The Bertz CT molecular complexity index is 602. The van der Waals surface area contributed by atoms with Crippen LogP contribution in [0.3, 0.4) is 0 Å². The summed E-state index contributed by atoms with van der Waals surface area (Å²) in [7, 11) is 0. The van der Waals surface area contributed by atoms with Crippen LogP contribution in [0, 0.1) is 13.8 Å². The fourth-order valence-electron chi connectivity index (χ4n) is 2.59. The number of benzene rings is 2. The molecule has 1 N–H and O–H groups in total. The highest BCUT2D eigenvalue weighted by Crippen LogP contribution is 2.35. The number of nitrogens with one attached hydrogen (secondary N) is 1. The van der Waals surface area contributed by atoms with Crippen LogP contribution in [0.1, 0.15) is 41.6 Å². The fraction of sp³-hybridized carbons (Fsp3) is 0.333. The quantitative estimate of drug-likeness (QED) is 0.744. The molecule has 2 aromatic carbocycles. The molecule has 21 heavy (non-hydrogen) atoms. The summed E-state index contributed by atoms with van der Waals surface area (Å²) in [5.41, 5.74) is 4.70. The second-order valence-corrected chi connectivity index (χ2v) is 6.20. The minimum Gasteiger partial charge on any atom is -0.306 e. The normalized spacial score (nSPS) is 12.4. The maximum atomic E-state index is 6.41. The summed E-state index contributed by atoms with van der Waals surface area (Å²) in [6, 6.07) is 12.2. The maximum absolute atomic E-state index is 6.41. The van der Waals surface area contributed by atoms with Crippen LogP contribution in [-0.2, 0) is 0 Å². The first-order valence-corrected chi connectivity index (χ1v) is 8.04. The molecule has 0 spiro atoms. The van der Waals surface area contributed by atoms with E-state index in [1.165, 1.54) is 16.7 Å². The molecule has 1 atom stereocenters. The molecule has 2 rings (SSSR count). The van der Waals surface area contributed by atoms with E-state index in [1.807, 2.05) is 18.2 Å². The van der Waals surface area contributed by atoms with Crippen LogP contribution in [0.2, 0.25) is 10.0 Å². The number of halogens is 2. The monoisotopic (exact) mass is 321 g/mol. The number of rotatable bonds is 5. The predicted octanol–water partition coefficient (Wildman–Crippen LogP) is 5.70. The molecule has 0 saturated heterocycles. The van der Waals surface area contributed by atoms with Gasteiger partial charge in [0.1, 0.15) is 0 Å². The van der Waals surface area contributed by atoms with Crippen molar-refractivity contribution >= 4 is 23.2 Å². The summed E-state index contributed by atoms with van der Waals surface area (Å²) in [4.78, 5) is 0. The first-order valence-electron chi connectivity index (χ1n) is 7.29. The van der Waals surface area contributed by atoms with Crippen molar-refractivity contribution in [2.45, 2.75) is 33.2 Å². The van der Waals surface area contributed by atoms with Crippen molar-refractivity contribution in [1.82, 2.24) is 5.32 Å². The van der Waals surface area contributed by atoms with Crippen molar-refractivity contribution in [3.8, 4) is 0 Å². The average Bonchev–Trinajstić information content (AvgIpc) is 2.43. The van der Waals surface area contributed by atoms with E-state index in [9.17, 15) is 0 Å². The van der Waals surface area contributed by atoms with Crippen LogP contribution in [0.5, 0.6) is 0 Å². The molecule has 0 heterocycles. The lowest BCUT2D eigenvalue weighted by atomic mass is 9.93. The van der Waals surface area contributed by atoms with Crippen molar-refractivity contribution in [3.05, 3.63) is 68.7 Å². The number of aryl methyl sites for hydroxylation is 2. The van der Waals surface area contributed by atoms with Gasteiger partial charge in [0.05, 0.1) is 6.04 Å². The zero-order valence-corrected chi connectivity index (χ0v) is 14.2. The molecule has 112 valence electrons. The molecule has 0 bridgehead atoms. The number of hydrogen-bond donors (Lipinski definition) is 1. The Kier molecular flexibility index (Phi) is 5.69. The van der Waals surface area contributed by atoms with E-state index in [0.29, 0.717) is 10.0 Å². The average molecular weight is 322 g/mol. The molecule has 0 aromatic heterocycles. The summed E-state index contributed by atoms with van der Waals surface area (Å²) in [5, 5.41) is 4.98. The highest BCUT2D eigenvalue weighted by molar-refractivity contribution is 6.36. The Hall–Kier alpha value is -1.02. The van der Waals surface area contributed by atoms with Gasteiger partial charge in [-0.25, -0.2) is 0 Å². The summed E-state index contributed by atoms with van der Waals surface area (Å²) < 4.78 is 0. The maximum Gasteiger partial charge on any atom is 0.0609 e. The Morgan fingerprint density at radius 3 is 2.29 bits per heavy atom. The predicted molar refractivity (Wildman–Crippen MR) is 92.5 cm³/mol. The third-order valence-corrected chi connectivity index (χ3v) is 4.28. The van der Waals surface area contributed by atoms with Crippen molar-refractivity contribution < 1.29 is 0 Å². The molecule has 2 aromatic rings. The molecule has 0 radical (unpaired) electrons. The standard InChI is InChI=1S/C18H21Cl2N/c1-4-10-21-18(14-9-8-12(2)11-13(14)3)17-15(19)6-5-7-16(17)20/h5-9,11,18,21H,4,10H2,1-3H3. The molecule has 0 amide bonds. The van der Waals surface area contributed by atoms with Gasteiger partial charge >= 0.3 is 0 Å². The van der Waals surface area contributed by atoms with Gasteiger partial charge in [-0.2, -0.15) is 0 Å². The van der Waals surface area contributed by atoms with Gasteiger partial charge in [-0.3, -0.25) is 0 Å². The molecule has 0 aliphatic carbocycles. The van der Waals surface area contributed by atoms with Crippen LogP contribution in [0.15, 0.2) is 36.4 Å². The summed E-state index contributed by atoms with van der Waals surface area (Å²) in [5.74, 6) is 0. The molecule has 1 nitrogen and oxygen atoms in total. The first kappa shape index (κ1) is 16.4. The molecule has 1 unspecified atom stereocenters. The van der Waals surface area contributed by atoms with E-state index in [4.69, 9.17) is 23.2 Å². The zero-order valence-electron chi connectivity index (χ0n) is 12.7. The third kappa shape index (κ3) is 3.79. The molecule has 3 heteroatoms. The van der Waals surface area contributed by atoms with Gasteiger partial charge in [0.25, 0.3) is 0 Å². The topological polar surface area (TPSA) is 12.0 Å². The second-order valence-electron chi connectivity index (χ2n) is 5.38. The Balaban J connectivity index is 2.52. The number of hydrogen-bond acceptors (Lipinski definition) is 1. The van der Waals surface area contributed by atoms with E-state index in [2.05, 4.69) is 44.3 Å². The van der Waals surface area contributed by atoms with Gasteiger partial charge in [-0.1, -0.05) is 60.0 Å². The fourth-order valence-corrected chi connectivity index (χ4v) is 3.21. The first-order chi connectivity index (χ1) is 10.0. The highest BCUT2D eigenvalue weighted by Gasteiger charge is 2.20. The summed E-state index contributed by atoms with van der Waals surface area (Å²) >= 11 is 12.8. The Morgan fingerprint density at radius 2 is 1.71 bits per heavy atom. The van der Waals surface area contributed by atoms with Crippen LogP contribution >= 0.6 is 23.2 Å². The van der Waals surface area contributed by atoms with Crippen molar-refractivity contribution in [3.63, 3.8) is 0 Å². The molecule has 0 fully saturated rings. The van der Waals surface area contributed by atoms with Crippen LogP contribution < -0.4 is 5.32 Å². The lowest BCUT2D eigenvalue weighted by Crippen LogP contribution is -2.24. The van der Waals surface area contributed by atoms with Gasteiger partial charge in [-0.15, -0.1) is 0 Å². The molecule has 0 aliphatic rings. The minimum absolute atomic E-state index is 0.0201. The van der Waals surface area contributed by atoms with Gasteiger partial charge in [0.15, 0.2) is 0 Å². The minimum atomic E-state index is 0.0201. The SMILES string of the molecule is CCCNC(c1ccc(C)cc1C)c1c(Cl)cccc1Cl. The van der Waals surface area contributed by atoms with Gasteiger partial charge in [-0.05, 0) is 50.1 Å². The smallest absolute Gasteiger partial charge is 0.0609 e. The van der Waals surface area contributed by atoms with Crippen LogP contribution in [0.4, 0.5) is 0 Å². The van der Waals surface area contributed by atoms with Crippen molar-refractivity contribution in [1.29, 1.82) is 0 Å². The van der Waals surface area contributed by atoms with Crippen molar-refractivity contribution in [2.75, 3.05) is 6.54 Å². The van der Waals surface area contributed by atoms with E-state index >= 15 is 0 Å². The van der Waals surface area contributed by atoms with Crippen LogP contribution in [-0.4, -0.2) is 6.54 Å². The molecule has 0 saturated carbocycles. The lowest BCUT2D eigenvalue weighted by molar-refractivity contribution is 0.596. The van der Waals surface area contributed by atoms with Gasteiger partial charge < -0.3 is 5.32 Å². The Labute approximate surface area is 137 Å². The van der Waals surface area contributed by atoms with Crippen molar-refractivity contribution in [2.24, 2.45) is 0 Å². The van der Waals surface area contributed by atoms with E-state index < -0.39 is 0 Å². The molecular formula is C18H21Cl2N. The van der Waals surface area contributed by atoms with E-state index in [-0.39, 0.29) is 6.04 Å². The lowest BCUT2D eigenvalue weighted by Gasteiger charge is -2.24. The second kappa shape index (κ2) is 7.31. The molecule has 0 aliphatic heterocycles. The van der Waals surface area contributed by atoms with Gasteiger partial charge in [0, 0.05) is 15.6 Å². The Morgan fingerprint density at radius 1 is 1.05 bits per heavy atom. The summed E-state index contributed by atoms with van der Waals surface area (Å²) in [6.07, 6.45) is 1.06. The van der Waals surface area contributed by atoms with E-state index in [0.717, 1.165) is 18.5 Å². The molecular weight excluding hydrogens is 301 g/mol. The highest BCUT2D eigenvalue weighted by atomic mass is 35.5. The van der Waals surface area contributed by atoms with E-state index in [1.54, 1.807) is 0 Å². The third-order valence-electron chi connectivity index (χ3n) is 3.62. The van der Waals surface area contributed by atoms with Gasteiger partial charge in [0.2, 0.25) is 0 Å². The summed E-state index contributed by atoms with van der Waals surface area (Å²) in [6.45, 7) is 7.31. The largest absolute Gasteiger partial charge is 0.306 e. The zero-order chi connectivity index (χ0) is 15.4.